The number of nitrogens with one attached hydrogen (secondary N) is 1. The third-order valence-electron chi connectivity index (χ3n) is 1.22. The predicted octanol–water partition coefficient (Wildman–Crippen LogP) is 0.912. The maximum Gasteiger partial charge on any atom is 0.221 e. The van der Waals surface area contributed by atoms with Crippen LogP contribution < -0.4 is 5.32 Å². The summed E-state index contributed by atoms with van der Waals surface area (Å²) < 4.78 is 0. The summed E-state index contributed by atoms with van der Waals surface area (Å²) in [5.74, 6) is -0.209. The van der Waals surface area contributed by atoms with Gasteiger partial charge in [0.2, 0.25) is 5.91 Å². The Hall–Kier alpha value is -1.89. The first-order valence-corrected chi connectivity index (χ1v) is 3.36. The lowest BCUT2D eigenvalue weighted by molar-refractivity contribution is -0.114. The third-order valence-corrected chi connectivity index (χ3v) is 1.22. The quantitative estimate of drug-likeness (QED) is 0.665. The van der Waals surface area contributed by atoms with E-state index in [4.69, 9.17) is 5.26 Å². The van der Waals surface area contributed by atoms with Crippen LogP contribution in [0, 0.1) is 11.3 Å². The van der Waals surface area contributed by atoms with Crippen molar-refractivity contribution in [3.63, 3.8) is 0 Å². The molecule has 0 aromatic carbocycles. The predicted molar refractivity (Wildman–Crippen MR) is 43.3 cm³/mol. The maximum atomic E-state index is 10.6. The molecule has 0 unspecified atom stereocenters. The molecule has 1 amide bonds. The van der Waals surface area contributed by atoms with Crippen molar-refractivity contribution in [2.75, 3.05) is 5.32 Å². The Morgan fingerprint density at radius 2 is 2.50 bits per heavy atom. The lowest BCUT2D eigenvalue weighted by Gasteiger charge is -2.01. The van der Waals surface area contributed by atoms with Crippen molar-refractivity contribution in [2.45, 2.75) is 6.92 Å². The molecule has 12 heavy (non-hydrogen) atoms. The van der Waals surface area contributed by atoms with Crippen LogP contribution in [0.2, 0.25) is 0 Å². The van der Waals surface area contributed by atoms with Gasteiger partial charge in [-0.3, -0.25) is 4.79 Å². The Bertz CT molecular complexity index is 340. The summed E-state index contributed by atoms with van der Waals surface area (Å²) in [6.07, 6.45) is 1.50. The molecule has 4 heteroatoms. The van der Waals surface area contributed by atoms with Crippen LogP contribution in [0.1, 0.15) is 12.6 Å². The molecule has 1 rings (SSSR count). The number of rotatable bonds is 1. The van der Waals surface area contributed by atoms with Crippen molar-refractivity contribution in [3.8, 4) is 6.07 Å². The lowest BCUT2D eigenvalue weighted by atomic mass is 10.3. The summed E-state index contributed by atoms with van der Waals surface area (Å²) in [6.45, 7) is 1.38. The Labute approximate surface area is 69.8 Å². The Balaban J connectivity index is 2.99. The number of hydrogen-bond donors (Lipinski definition) is 1. The highest BCUT2D eigenvalue weighted by molar-refractivity contribution is 5.89. The van der Waals surface area contributed by atoms with Gasteiger partial charge in [-0.25, -0.2) is 4.98 Å². The summed E-state index contributed by atoms with van der Waals surface area (Å²) in [6, 6.07) is 5.17. The molecular weight excluding hydrogens is 154 g/mol. The smallest absolute Gasteiger partial charge is 0.221 e. The topological polar surface area (TPSA) is 65.8 Å². The van der Waals surface area contributed by atoms with Gasteiger partial charge in [0.1, 0.15) is 6.07 Å². The molecule has 4 nitrogen and oxygen atoms in total. The molecule has 0 saturated heterocycles. The minimum Gasteiger partial charge on any atom is -0.324 e. The first-order valence-electron chi connectivity index (χ1n) is 3.36. The molecule has 0 saturated carbocycles. The number of amides is 1. The molecule has 0 fully saturated rings. The first-order chi connectivity index (χ1) is 5.74. The number of nitriles is 1. The lowest BCUT2D eigenvalue weighted by Crippen LogP contribution is -2.07. The highest BCUT2D eigenvalue weighted by Crippen LogP contribution is 2.09. The van der Waals surface area contributed by atoms with Crippen LogP contribution in [0.5, 0.6) is 0 Å². The molecule has 1 aromatic heterocycles. The third kappa shape index (κ3) is 1.80. The number of hydrogen-bond acceptors (Lipinski definition) is 3. The van der Waals surface area contributed by atoms with Gasteiger partial charge in [-0.2, -0.15) is 5.26 Å². The molecular formula is C8H7N3O. The molecule has 1 heterocycles. The standard InChI is InChI=1S/C8H7N3O/c1-6(12)11-7-3-2-4-10-8(7)5-9/h2-4H,1H3,(H,11,12). The van der Waals surface area contributed by atoms with Crippen LogP contribution >= 0.6 is 0 Å². The molecule has 0 bridgehead atoms. The number of aromatic nitrogens is 1. The van der Waals surface area contributed by atoms with Gasteiger partial charge < -0.3 is 5.32 Å². The number of carbonyl (C=O) groups excluding carboxylic acids is 1. The minimum absolute atomic E-state index is 0.209. The minimum atomic E-state index is -0.209. The number of pyridine rings is 1. The van der Waals surface area contributed by atoms with E-state index in [9.17, 15) is 4.79 Å². The van der Waals surface area contributed by atoms with Crippen molar-refractivity contribution in [1.29, 1.82) is 5.26 Å². The zero-order valence-corrected chi connectivity index (χ0v) is 6.53. The monoisotopic (exact) mass is 161 g/mol. The van der Waals surface area contributed by atoms with Crippen LogP contribution in [0.25, 0.3) is 0 Å². The van der Waals surface area contributed by atoms with E-state index in [0.717, 1.165) is 0 Å². The van der Waals surface area contributed by atoms with Gasteiger partial charge in [0.25, 0.3) is 0 Å². The normalized spacial score (nSPS) is 8.67. The molecule has 1 N–H and O–H groups in total. The molecule has 0 aliphatic rings. The average Bonchev–Trinajstić information content (AvgIpc) is 2.04. The molecule has 1 aromatic rings. The van der Waals surface area contributed by atoms with Crippen molar-refractivity contribution < 1.29 is 4.79 Å². The zero-order chi connectivity index (χ0) is 8.97. The largest absolute Gasteiger partial charge is 0.324 e. The fraction of sp³-hybridized carbons (Fsp3) is 0.125. The van der Waals surface area contributed by atoms with Crippen molar-refractivity contribution >= 4 is 11.6 Å². The van der Waals surface area contributed by atoms with E-state index in [2.05, 4.69) is 10.3 Å². The molecule has 0 atom stereocenters. The Morgan fingerprint density at radius 3 is 3.08 bits per heavy atom. The van der Waals surface area contributed by atoms with E-state index in [1.807, 2.05) is 6.07 Å². The van der Waals surface area contributed by atoms with Crippen molar-refractivity contribution in [2.24, 2.45) is 0 Å². The highest BCUT2D eigenvalue weighted by Gasteiger charge is 2.01. The van der Waals surface area contributed by atoms with Gasteiger partial charge in [-0.15, -0.1) is 0 Å². The summed E-state index contributed by atoms with van der Waals surface area (Å²) >= 11 is 0. The van der Waals surface area contributed by atoms with Gasteiger partial charge in [-0.05, 0) is 12.1 Å². The summed E-state index contributed by atoms with van der Waals surface area (Å²) in [4.78, 5) is 14.4. The van der Waals surface area contributed by atoms with Crippen LogP contribution in [-0.4, -0.2) is 10.9 Å². The first kappa shape index (κ1) is 8.21. The van der Waals surface area contributed by atoms with Crippen LogP contribution in [0.15, 0.2) is 18.3 Å². The fourth-order valence-corrected chi connectivity index (χ4v) is 0.785. The second-order valence-corrected chi connectivity index (χ2v) is 2.19. The molecule has 0 aliphatic heterocycles. The van der Waals surface area contributed by atoms with E-state index < -0.39 is 0 Å². The van der Waals surface area contributed by atoms with Gasteiger partial charge in [0.05, 0.1) is 5.69 Å². The number of nitrogens with zero attached hydrogens (tertiary/aromatic N) is 2. The summed E-state index contributed by atoms with van der Waals surface area (Å²) in [7, 11) is 0. The van der Waals surface area contributed by atoms with E-state index in [0.29, 0.717) is 5.69 Å². The van der Waals surface area contributed by atoms with Crippen molar-refractivity contribution in [3.05, 3.63) is 24.0 Å². The van der Waals surface area contributed by atoms with E-state index in [1.54, 1.807) is 12.1 Å². The average molecular weight is 161 g/mol. The van der Waals surface area contributed by atoms with Gasteiger partial charge in [0.15, 0.2) is 5.69 Å². The number of carbonyl (C=O) groups is 1. The Morgan fingerprint density at radius 1 is 1.75 bits per heavy atom. The fourth-order valence-electron chi connectivity index (χ4n) is 0.785. The highest BCUT2D eigenvalue weighted by atomic mass is 16.1. The van der Waals surface area contributed by atoms with Crippen molar-refractivity contribution in [1.82, 2.24) is 4.98 Å². The van der Waals surface area contributed by atoms with Gasteiger partial charge >= 0.3 is 0 Å². The van der Waals surface area contributed by atoms with Crippen LogP contribution in [-0.2, 0) is 4.79 Å². The van der Waals surface area contributed by atoms with Gasteiger partial charge in [0, 0.05) is 13.1 Å². The van der Waals surface area contributed by atoms with E-state index >= 15 is 0 Å². The second kappa shape index (κ2) is 3.49. The van der Waals surface area contributed by atoms with Crippen LogP contribution in [0.4, 0.5) is 5.69 Å². The SMILES string of the molecule is CC(=O)Nc1cccnc1C#N. The zero-order valence-electron chi connectivity index (χ0n) is 6.53. The van der Waals surface area contributed by atoms with Crippen LogP contribution in [0.3, 0.4) is 0 Å². The summed E-state index contributed by atoms with van der Waals surface area (Å²) in [5.41, 5.74) is 0.681. The molecule has 0 aliphatic carbocycles. The van der Waals surface area contributed by atoms with Gasteiger partial charge in [-0.1, -0.05) is 0 Å². The Kier molecular flexibility index (Phi) is 2.38. The van der Waals surface area contributed by atoms with E-state index in [1.165, 1.54) is 13.1 Å². The molecule has 0 spiro atoms. The number of anilines is 1. The van der Waals surface area contributed by atoms with E-state index in [-0.39, 0.29) is 11.6 Å². The molecule has 60 valence electrons. The second-order valence-electron chi connectivity index (χ2n) is 2.19. The maximum absolute atomic E-state index is 10.6. The summed E-state index contributed by atoms with van der Waals surface area (Å²) in [5, 5.41) is 11.1. The molecule has 0 radical (unpaired) electrons.